The highest BCUT2D eigenvalue weighted by atomic mass is 79.9. The maximum Gasteiger partial charge on any atom is 0.159 e. The van der Waals surface area contributed by atoms with Gasteiger partial charge in [-0.2, -0.15) is 0 Å². The summed E-state index contributed by atoms with van der Waals surface area (Å²) in [7, 11) is 0. The fraction of sp³-hybridized carbons (Fsp3) is 0.438. The first-order valence-corrected chi connectivity index (χ1v) is 7.18. The minimum Gasteiger partial charge on any atom is -0.512 e. The van der Waals surface area contributed by atoms with Crippen LogP contribution in [-0.2, 0) is 16.6 Å². The minimum absolute atomic E-state index is 0.0481. The van der Waals surface area contributed by atoms with Crippen LogP contribution in [0.25, 0.3) is 0 Å². The molecule has 3 heteroatoms. The van der Waals surface area contributed by atoms with Crippen LogP contribution in [0, 0.1) is 0 Å². The molecule has 0 saturated carbocycles. The lowest BCUT2D eigenvalue weighted by atomic mass is 9.86. The van der Waals surface area contributed by atoms with Gasteiger partial charge in [0.25, 0.3) is 0 Å². The smallest absolute Gasteiger partial charge is 0.159 e. The minimum atomic E-state index is -0.0481. The topological polar surface area (TPSA) is 37.3 Å². The number of rotatable bonds is 4. The van der Waals surface area contributed by atoms with Crippen LogP contribution in [0.4, 0.5) is 0 Å². The van der Waals surface area contributed by atoms with Gasteiger partial charge >= 0.3 is 0 Å². The molecule has 0 fully saturated rings. The van der Waals surface area contributed by atoms with Crippen molar-refractivity contribution in [2.45, 2.75) is 46.0 Å². The molecular formula is C16H21BrO2. The molecule has 0 aliphatic carbocycles. The number of benzene rings is 1. The van der Waals surface area contributed by atoms with Crippen LogP contribution in [-0.4, -0.2) is 10.9 Å². The Bertz CT molecular complexity index is 492. The zero-order valence-electron chi connectivity index (χ0n) is 12.0. The lowest BCUT2D eigenvalue weighted by molar-refractivity contribution is -0.114. The van der Waals surface area contributed by atoms with Crippen LogP contribution >= 0.6 is 15.9 Å². The third-order valence-electron chi connectivity index (χ3n) is 2.92. The summed E-state index contributed by atoms with van der Waals surface area (Å²) in [6.45, 7) is 8.02. The molecule has 0 bridgehead atoms. The number of halogens is 1. The number of hydrogen-bond acceptors (Lipinski definition) is 2. The Hall–Kier alpha value is -1.09. The van der Waals surface area contributed by atoms with Gasteiger partial charge in [-0.05, 0) is 36.0 Å². The molecule has 2 nitrogen and oxygen atoms in total. The number of carbonyl (C=O) groups is 1. The third-order valence-corrected chi connectivity index (χ3v) is 3.70. The Morgan fingerprint density at radius 2 is 2.00 bits per heavy atom. The van der Waals surface area contributed by atoms with E-state index in [1.54, 1.807) is 0 Å². The molecule has 0 heterocycles. The predicted molar refractivity (Wildman–Crippen MR) is 82.6 cm³/mol. The number of carbonyl (C=O) groups excluding carboxylic acids is 1. The Balaban J connectivity index is 2.84. The molecule has 0 spiro atoms. The predicted octanol–water partition coefficient (Wildman–Crippen LogP) is 4.71. The summed E-state index contributed by atoms with van der Waals surface area (Å²) >= 11 is 3.52. The number of aryl methyl sites for hydroxylation is 1. The van der Waals surface area contributed by atoms with Gasteiger partial charge in [0.15, 0.2) is 5.78 Å². The lowest BCUT2D eigenvalue weighted by Crippen LogP contribution is -2.11. The molecule has 1 rings (SSSR count). The number of aliphatic hydroxyl groups excluding tert-OH is 1. The van der Waals surface area contributed by atoms with Crippen molar-refractivity contribution in [3.63, 3.8) is 0 Å². The van der Waals surface area contributed by atoms with Gasteiger partial charge < -0.3 is 5.11 Å². The van der Waals surface area contributed by atoms with Gasteiger partial charge in [0.1, 0.15) is 0 Å². The number of ketones is 1. The van der Waals surface area contributed by atoms with Crippen LogP contribution in [0.1, 0.15) is 45.2 Å². The van der Waals surface area contributed by atoms with Gasteiger partial charge in [-0.25, -0.2) is 0 Å². The largest absolute Gasteiger partial charge is 0.512 e. The second kappa shape index (κ2) is 6.38. The average Bonchev–Trinajstić information content (AvgIpc) is 2.25. The van der Waals surface area contributed by atoms with Crippen molar-refractivity contribution in [2.75, 3.05) is 0 Å². The Kier molecular flexibility index (Phi) is 5.36. The summed E-state index contributed by atoms with van der Waals surface area (Å²) in [4.78, 5) is 11.6. The van der Waals surface area contributed by atoms with Crippen molar-refractivity contribution in [3.05, 3.63) is 45.6 Å². The zero-order chi connectivity index (χ0) is 14.6. The molecule has 1 aromatic rings. The monoisotopic (exact) mass is 324 g/mol. The van der Waals surface area contributed by atoms with Crippen molar-refractivity contribution in [3.8, 4) is 0 Å². The van der Waals surface area contributed by atoms with Crippen LogP contribution in [0.15, 0.2) is 34.5 Å². The molecule has 0 atom stereocenters. The highest BCUT2D eigenvalue weighted by Crippen LogP contribution is 2.27. The standard InChI is InChI=1S/C16H21BrO2/c1-11(18)9-14(19)7-5-12-10-13(16(2,3)4)6-8-15(12)17/h6,8-10,18H,5,7H2,1-4H3/b11-9-. The van der Waals surface area contributed by atoms with E-state index in [1.165, 1.54) is 18.6 Å². The molecule has 1 N–H and O–H groups in total. The Morgan fingerprint density at radius 1 is 1.37 bits per heavy atom. The van der Waals surface area contributed by atoms with E-state index in [4.69, 9.17) is 5.11 Å². The maximum atomic E-state index is 11.6. The average molecular weight is 325 g/mol. The van der Waals surface area contributed by atoms with E-state index in [0.29, 0.717) is 12.8 Å². The molecule has 0 aromatic heterocycles. The molecule has 0 saturated heterocycles. The highest BCUT2D eigenvalue weighted by molar-refractivity contribution is 9.10. The highest BCUT2D eigenvalue weighted by Gasteiger charge is 2.15. The molecular weight excluding hydrogens is 304 g/mol. The molecule has 0 aliphatic rings. The second-order valence-electron chi connectivity index (χ2n) is 5.81. The van der Waals surface area contributed by atoms with Gasteiger partial charge in [-0.1, -0.05) is 48.8 Å². The van der Waals surface area contributed by atoms with Crippen LogP contribution in [0.2, 0.25) is 0 Å². The van der Waals surface area contributed by atoms with Crippen LogP contribution in [0.3, 0.4) is 0 Å². The van der Waals surface area contributed by atoms with E-state index in [1.807, 2.05) is 6.07 Å². The number of allylic oxidation sites excluding steroid dienone is 2. The van der Waals surface area contributed by atoms with Gasteiger partial charge in [0, 0.05) is 17.0 Å². The lowest BCUT2D eigenvalue weighted by Gasteiger charge is -2.20. The van der Waals surface area contributed by atoms with E-state index >= 15 is 0 Å². The summed E-state index contributed by atoms with van der Waals surface area (Å²) < 4.78 is 1.03. The molecule has 104 valence electrons. The molecule has 1 aromatic carbocycles. The van der Waals surface area contributed by atoms with Crippen molar-refractivity contribution >= 4 is 21.7 Å². The van der Waals surface area contributed by atoms with Gasteiger partial charge in [-0.15, -0.1) is 0 Å². The molecule has 19 heavy (non-hydrogen) atoms. The molecule has 0 radical (unpaired) electrons. The first-order chi connectivity index (χ1) is 8.70. The second-order valence-corrected chi connectivity index (χ2v) is 6.66. The van der Waals surface area contributed by atoms with E-state index in [9.17, 15) is 4.79 Å². The quantitative estimate of drug-likeness (QED) is 0.643. The van der Waals surface area contributed by atoms with Gasteiger partial charge in [0.2, 0.25) is 0 Å². The van der Waals surface area contributed by atoms with Crippen molar-refractivity contribution in [1.82, 2.24) is 0 Å². The SMILES string of the molecule is C/C(O)=C/C(=O)CCc1cc(C(C)(C)C)ccc1Br. The number of hydrogen-bond donors (Lipinski definition) is 1. The van der Waals surface area contributed by atoms with Crippen LogP contribution in [0.5, 0.6) is 0 Å². The zero-order valence-corrected chi connectivity index (χ0v) is 13.5. The van der Waals surface area contributed by atoms with E-state index in [0.717, 1.165) is 10.0 Å². The van der Waals surface area contributed by atoms with E-state index < -0.39 is 0 Å². The summed E-state index contributed by atoms with van der Waals surface area (Å²) in [5.74, 6) is 0.0144. The van der Waals surface area contributed by atoms with Crippen molar-refractivity contribution in [2.24, 2.45) is 0 Å². The number of aliphatic hydroxyl groups is 1. The molecule has 0 unspecified atom stereocenters. The van der Waals surface area contributed by atoms with Gasteiger partial charge in [-0.3, -0.25) is 4.79 Å². The van der Waals surface area contributed by atoms with Crippen LogP contribution < -0.4 is 0 Å². The summed E-state index contributed by atoms with van der Waals surface area (Å²) in [5.41, 5.74) is 2.48. The molecule has 0 amide bonds. The third kappa shape index (κ3) is 5.19. The fourth-order valence-electron chi connectivity index (χ4n) is 1.80. The van der Waals surface area contributed by atoms with Crippen molar-refractivity contribution < 1.29 is 9.90 Å². The maximum absolute atomic E-state index is 11.6. The Morgan fingerprint density at radius 3 is 2.53 bits per heavy atom. The Labute approximate surface area is 123 Å². The first-order valence-electron chi connectivity index (χ1n) is 6.39. The molecule has 0 aliphatic heterocycles. The summed E-state index contributed by atoms with van der Waals surface area (Å²) in [6.07, 6.45) is 2.36. The normalized spacial score (nSPS) is 12.6. The fourth-order valence-corrected chi connectivity index (χ4v) is 2.24. The first kappa shape index (κ1) is 16.0. The summed E-state index contributed by atoms with van der Waals surface area (Å²) in [6, 6.07) is 6.29. The van der Waals surface area contributed by atoms with Crippen molar-refractivity contribution in [1.29, 1.82) is 0 Å². The summed E-state index contributed by atoms with van der Waals surface area (Å²) in [5, 5.41) is 9.06. The van der Waals surface area contributed by atoms with E-state index in [2.05, 4.69) is 48.8 Å². The van der Waals surface area contributed by atoms with Gasteiger partial charge in [0.05, 0.1) is 5.76 Å². The van der Waals surface area contributed by atoms with E-state index in [-0.39, 0.29) is 17.0 Å².